The molecule has 1 nitrogen and oxygen atoms in total. The molecule has 1 unspecified atom stereocenters. The second-order valence-electron chi connectivity index (χ2n) is 3.94. The van der Waals surface area contributed by atoms with Crippen LogP contribution < -0.4 is 4.74 Å². The van der Waals surface area contributed by atoms with Gasteiger partial charge in [0.2, 0.25) is 0 Å². The molecule has 1 atom stereocenters. The fraction of sp³-hybridized carbons (Fsp3) is 0.200. The molecule has 0 spiro atoms. The molecule has 86 valence electrons. The molecular weight excluding hydrogens is 271 g/mol. The van der Waals surface area contributed by atoms with Crippen LogP contribution in [0.25, 0.3) is 0 Å². The van der Waals surface area contributed by atoms with E-state index in [1.165, 1.54) is 11.1 Å². The van der Waals surface area contributed by atoms with Crippen molar-refractivity contribution in [2.24, 2.45) is 0 Å². The third-order valence-electron chi connectivity index (χ3n) is 2.79. The van der Waals surface area contributed by atoms with Gasteiger partial charge in [0.25, 0.3) is 0 Å². The van der Waals surface area contributed by atoms with Crippen molar-refractivity contribution in [3.63, 3.8) is 0 Å². The van der Waals surface area contributed by atoms with E-state index in [0.717, 1.165) is 12.2 Å². The number of rotatable bonds is 4. The normalized spacial score (nSPS) is 12.1. The van der Waals surface area contributed by atoms with Crippen molar-refractivity contribution in [3.8, 4) is 5.75 Å². The van der Waals surface area contributed by atoms with Crippen molar-refractivity contribution < 1.29 is 4.74 Å². The molecular formula is C15H15AsO. The van der Waals surface area contributed by atoms with Crippen LogP contribution in [0.1, 0.15) is 15.8 Å². The van der Waals surface area contributed by atoms with Crippen molar-refractivity contribution in [3.05, 3.63) is 65.7 Å². The fourth-order valence-corrected chi connectivity index (χ4v) is 2.65. The summed E-state index contributed by atoms with van der Waals surface area (Å²) in [6.45, 7) is 0. The summed E-state index contributed by atoms with van der Waals surface area (Å²) in [5, 5.41) is 0. The summed E-state index contributed by atoms with van der Waals surface area (Å²) in [4.78, 5) is 0. The summed E-state index contributed by atoms with van der Waals surface area (Å²) in [6, 6.07) is 18.7. The van der Waals surface area contributed by atoms with Gasteiger partial charge in [-0.2, -0.15) is 0 Å². The predicted octanol–water partition coefficient (Wildman–Crippen LogP) is 3.15. The zero-order valence-corrected chi connectivity index (χ0v) is 11.7. The van der Waals surface area contributed by atoms with Gasteiger partial charge in [0.1, 0.15) is 0 Å². The minimum atomic E-state index is 0.444. The number of hydrogen-bond donors (Lipinski definition) is 0. The minimum absolute atomic E-state index is 0.444. The standard InChI is InChI=1S/C15H15AsO/c1-17-15-10-6-5-9-13(15)11-14(16)12-7-3-2-4-8-12/h2-10,14H,11H2,1H3. The Morgan fingerprint density at radius 1 is 1.00 bits per heavy atom. The Morgan fingerprint density at radius 3 is 2.35 bits per heavy atom. The van der Waals surface area contributed by atoms with Gasteiger partial charge in [0.15, 0.2) is 0 Å². The quantitative estimate of drug-likeness (QED) is 0.785. The number of benzene rings is 2. The van der Waals surface area contributed by atoms with E-state index < -0.39 is 0 Å². The van der Waals surface area contributed by atoms with Gasteiger partial charge in [-0.3, -0.25) is 0 Å². The Morgan fingerprint density at radius 2 is 1.65 bits per heavy atom. The van der Waals surface area contributed by atoms with Gasteiger partial charge < -0.3 is 0 Å². The Balaban J connectivity index is 2.16. The monoisotopic (exact) mass is 286 g/mol. The Kier molecular flexibility index (Phi) is 4.28. The molecule has 2 aromatic rings. The van der Waals surface area contributed by atoms with E-state index in [0.29, 0.717) is 4.71 Å². The van der Waals surface area contributed by atoms with E-state index in [-0.39, 0.29) is 0 Å². The molecule has 0 bridgehead atoms. The average molecular weight is 286 g/mol. The molecule has 0 amide bonds. The zero-order chi connectivity index (χ0) is 12.1. The summed E-state index contributed by atoms with van der Waals surface area (Å²) < 4.78 is 5.82. The molecule has 0 aliphatic carbocycles. The van der Waals surface area contributed by atoms with Gasteiger partial charge in [0.05, 0.1) is 0 Å². The molecule has 2 rings (SSSR count). The van der Waals surface area contributed by atoms with Crippen molar-refractivity contribution in [1.29, 1.82) is 0 Å². The second kappa shape index (κ2) is 5.93. The molecule has 0 heterocycles. The number of para-hydroxylation sites is 1. The van der Waals surface area contributed by atoms with E-state index >= 15 is 0 Å². The number of methoxy groups -OCH3 is 1. The van der Waals surface area contributed by atoms with Crippen LogP contribution in [0.4, 0.5) is 0 Å². The molecule has 0 N–H and O–H groups in total. The summed E-state index contributed by atoms with van der Waals surface area (Å²) in [5.74, 6) is 0.972. The topological polar surface area (TPSA) is 9.23 Å². The van der Waals surface area contributed by atoms with E-state index in [9.17, 15) is 0 Å². The van der Waals surface area contributed by atoms with Gasteiger partial charge in [-0.15, -0.1) is 0 Å². The Bertz CT molecular complexity index is 467. The molecule has 0 saturated carbocycles. The van der Waals surface area contributed by atoms with Crippen molar-refractivity contribution in [1.82, 2.24) is 0 Å². The molecule has 0 saturated heterocycles. The first-order valence-corrected chi connectivity index (χ1v) is 6.74. The summed E-state index contributed by atoms with van der Waals surface area (Å²) in [6.07, 6.45) is 0.980. The second-order valence-corrected chi connectivity index (χ2v) is 5.25. The first-order chi connectivity index (χ1) is 8.31. The van der Waals surface area contributed by atoms with Gasteiger partial charge in [0, 0.05) is 0 Å². The maximum absolute atomic E-state index is 5.38. The van der Waals surface area contributed by atoms with Gasteiger partial charge >= 0.3 is 111 Å². The van der Waals surface area contributed by atoms with Crippen LogP contribution in [0.3, 0.4) is 0 Å². The first-order valence-electron chi connectivity index (χ1n) is 5.66. The molecule has 0 aliphatic rings. The fourth-order valence-electron chi connectivity index (χ4n) is 1.87. The third kappa shape index (κ3) is 3.14. The SMILES string of the molecule is COc1ccccc1CC([As])c1ccccc1. The molecule has 17 heavy (non-hydrogen) atoms. The van der Waals surface area contributed by atoms with Gasteiger partial charge in [-0.05, 0) is 0 Å². The van der Waals surface area contributed by atoms with E-state index in [2.05, 4.69) is 53.3 Å². The molecule has 0 aromatic heterocycles. The van der Waals surface area contributed by atoms with Crippen LogP contribution in [0.15, 0.2) is 54.6 Å². The predicted molar refractivity (Wildman–Crippen MR) is 71.6 cm³/mol. The van der Waals surface area contributed by atoms with Crippen LogP contribution in [0, 0.1) is 0 Å². The van der Waals surface area contributed by atoms with Crippen molar-refractivity contribution >= 4 is 16.9 Å². The third-order valence-corrected chi connectivity index (χ3v) is 3.80. The average Bonchev–Trinajstić information content (AvgIpc) is 2.40. The number of hydrogen-bond acceptors (Lipinski definition) is 1. The zero-order valence-electron chi connectivity index (χ0n) is 9.84. The molecule has 0 fully saturated rings. The molecule has 2 radical (unpaired) electrons. The van der Waals surface area contributed by atoms with Crippen LogP contribution in [-0.2, 0) is 6.42 Å². The van der Waals surface area contributed by atoms with Gasteiger partial charge in [-0.25, -0.2) is 0 Å². The van der Waals surface area contributed by atoms with Crippen LogP contribution in [0.5, 0.6) is 5.75 Å². The molecule has 2 heteroatoms. The summed E-state index contributed by atoms with van der Waals surface area (Å²) in [5.41, 5.74) is 2.60. The Labute approximate surface area is 111 Å². The van der Waals surface area contributed by atoms with E-state index in [1.807, 2.05) is 18.2 Å². The summed E-state index contributed by atoms with van der Waals surface area (Å²) >= 11 is 2.74. The van der Waals surface area contributed by atoms with E-state index in [4.69, 9.17) is 4.74 Å². The summed E-state index contributed by atoms with van der Waals surface area (Å²) in [7, 11) is 1.72. The first kappa shape index (κ1) is 12.3. The Hall–Kier alpha value is -1.20. The maximum atomic E-state index is 5.38. The van der Waals surface area contributed by atoms with Crippen LogP contribution in [-0.4, -0.2) is 24.0 Å². The van der Waals surface area contributed by atoms with Crippen LogP contribution in [0.2, 0.25) is 0 Å². The van der Waals surface area contributed by atoms with Crippen molar-refractivity contribution in [2.75, 3.05) is 7.11 Å². The van der Waals surface area contributed by atoms with Crippen molar-refractivity contribution in [2.45, 2.75) is 11.1 Å². The van der Waals surface area contributed by atoms with E-state index in [1.54, 1.807) is 7.11 Å². The van der Waals surface area contributed by atoms with Gasteiger partial charge in [-0.1, -0.05) is 0 Å². The molecule has 0 aliphatic heterocycles. The van der Waals surface area contributed by atoms with Crippen LogP contribution >= 0.6 is 0 Å². The number of ether oxygens (including phenoxy) is 1. The molecule has 2 aromatic carbocycles.